The van der Waals surface area contributed by atoms with Crippen LogP contribution < -0.4 is 15.4 Å². The SMILES string of the molecule is COc1ccc(N2C(N)=NCC2C2CCCCC2)cc1. The number of nitrogens with zero attached hydrogens (tertiary/aromatic N) is 2. The zero-order valence-corrected chi connectivity index (χ0v) is 12.1. The summed E-state index contributed by atoms with van der Waals surface area (Å²) in [6.07, 6.45) is 6.68. The van der Waals surface area contributed by atoms with Gasteiger partial charge in [-0.1, -0.05) is 19.3 Å². The summed E-state index contributed by atoms with van der Waals surface area (Å²) >= 11 is 0. The molecule has 1 atom stereocenters. The molecule has 4 heteroatoms. The molecule has 1 aliphatic heterocycles. The van der Waals surface area contributed by atoms with E-state index in [1.807, 2.05) is 12.1 Å². The molecule has 2 aliphatic rings. The third-order valence-corrected chi connectivity index (χ3v) is 4.56. The Morgan fingerprint density at radius 1 is 1.15 bits per heavy atom. The predicted octanol–water partition coefficient (Wildman–Crippen LogP) is 2.78. The Balaban J connectivity index is 1.81. The minimum absolute atomic E-state index is 0.434. The van der Waals surface area contributed by atoms with Crippen molar-refractivity contribution in [2.45, 2.75) is 38.1 Å². The third-order valence-electron chi connectivity index (χ3n) is 4.56. The summed E-state index contributed by atoms with van der Waals surface area (Å²) in [6, 6.07) is 8.55. The summed E-state index contributed by atoms with van der Waals surface area (Å²) in [5, 5.41) is 0. The molecule has 1 heterocycles. The summed E-state index contributed by atoms with van der Waals surface area (Å²) in [6.45, 7) is 0.836. The van der Waals surface area contributed by atoms with Crippen molar-refractivity contribution in [2.75, 3.05) is 18.6 Å². The van der Waals surface area contributed by atoms with E-state index in [1.165, 1.54) is 32.1 Å². The molecule has 0 aromatic heterocycles. The van der Waals surface area contributed by atoms with Crippen LogP contribution in [0.5, 0.6) is 5.75 Å². The van der Waals surface area contributed by atoms with E-state index in [1.54, 1.807) is 7.11 Å². The van der Waals surface area contributed by atoms with Gasteiger partial charge in [-0.3, -0.25) is 4.99 Å². The van der Waals surface area contributed by atoms with Gasteiger partial charge in [-0.05, 0) is 43.0 Å². The lowest BCUT2D eigenvalue weighted by molar-refractivity contribution is 0.314. The third kappa shape index (κ3) is 2.47. The second kappa shape index (κ2) is 5.73. The Morgan fingerprint density at radius 3 is 2.50 bits per heavy atom. The molecule has 1 fully saturated rings. The Kier molecular flexibility index (Phi) is 3.81. The first-order chi connectivity index (χ1) is 9.79. The molecule has 4 nitrogen and oxygen atoms in total. The standard InChI is InChI=1S/C16H23N3O/c1-20-14-9-7-13(8-10-14)19-15(11-18-16(19)17)12-5-3-2-4-6-12/h7-10,12,15H,2-6,11H2,1H3,(H2,17,18). The number of ether oxygens (including phenoxy) is 1. The van der Waals surface area contributed by atoms with Crippen molar-refractivity contribution >= 4 is 11.6 Å². The molecule has 0 saturated heterocycles. The Hall–Kier alpha value is -1.71. The van der Waals surface area contributed by atoms with Gasteiger partial charge in [0, 0.05) is 5.69 Å². The molecule has 0 bridgehead atoms. The van der Waals surface area contributed by atoms with Crippen LogP contribution in [0.2, 0.25) is 0 Å². The number of benzene rings is 1. The van der Waals surface area contributed by atoms with Crippen LogP contribution in [0.4, 0.5) is 5.69 Å². The van der Waals surface area contributed by atoms with Crippen LogP contribution in [0, 0.1) is 5.92 Å². The largest absolute Gasteiger partial charge is 0.497 e. The molecule has 2 N–H and O–H groups in total. The first-order valence-corrected chi connectivity index (χ1v) is 7.53. The molecule has 1 saturated carbocycles. The second-order valence-corrected chi connectivity index (χ2v) is 5.73. The minimum atomic E-state index is 0.434. The molecule has 108 valence electrons. The normalized spacial score (nSPS) is 23.8. The maximum absolute atomic E-state index is 6.12. The maximum Gasteiger partial charge on any atom is 0.196 e. The van der Waals surface area contributed by atoms with E-state index in [-0.39, 0.29) is 0 Å². The van der Waals surface area contributed by atoms with E-state index in [4.69, 9.17) is 10.5 Å². The van der Waals surface area contributed by atoms with Crippen molar-refractivity contribution in [1.29, 1.82) is 0 Å². The Bertz CT molecular complexity index is 477. The van der Waals surface area contributed by atoms with Gasteiger partial charge in [0.1, 0.15) is 5.75 Å². The smallest absolute Gasteiger partial charge is 0.196 e. The van der Waals surface area contributed by atoms with E-state index in [0.717, 1.165) is 23.9 Å². The number of rotatable bonds is 3. The van der Waals surface area contributed by atoms with Crippen LogP contribution in [0.25, 0.3) is 0 Å². The van der Waals surface area contributed by atoms with Crippen molar-refractivity contribution in [3.05, 3.63) is 24.3 Å². The highest BCUT2D eigenvalue weighted by Crippen LogP contribution is 2.34. The monoisotopic (exact) mass is 273 g/mol. The molecule has 1 unspecified atom stereocenters. The molecule has 1 aliphatic carbocycles. The fourth-order valence-electron chi connectivity index (χ4n) is 3.46. The van der Waals surface area contributed by atoms with Crippen LogP contribution in [-0.4, -0.2) is 25.7 Å². The highest BCUT2D eigenvalue weighted by Gasteiger charge is 2.34. The predicted molar refractivity (Wildman–Crippen MR) is 82.3 cm³/mol. The lowest BCUT2D eigenvalue weighted by Crippen LogP contribution is -2.45. The highest BCUT2D eigenvalue weighted by molar-refractivity contribution is 5.97. The first kappa shape index (κ1) is 13.3. The van der Waals surface area contributed by atoms with Gasteiger partial charge >= 0.3 is 0 Å². The van der Waals surface area contributed by atoms with Crippen LogP contribution in [0.3, 0.4) is 0 Å². The number of nitrogens with two attached hydrogens (primary N) is 1. The molecule has 1 aromatic rings. The number of hydrogen-bond donors (Lipinski definition) is 1. The molecular formula is C16H23N3O. The van der Waals surface area contributed by atoms with Crippen molar-refractivity contribution in [3.63, 3.8) is 0 Å². The lowest BCUT2D eigenvalue weighted by atomic mass is 9.83. The number of guanidine groups is 1. The highest BCUT2D eigenvalue weighted by atomic mass is 16.5. The average molecular weight is 273 g/mol. The fourth-order valence-corrected chi connectivity index (χ4v) is 3.46. The van der Waals surface area contributed by atoms with Crippen molar-refractivity contribution in [2.24, 2.45) is 16.6 Å². The second-order valence-electron chi connectivity index (χ2n) is 5.73. The van der Waals surface area contributed by atoms with Gasteiger partial charge in [0.25, 0.3) is 0 Å². The van der Waals surface area contributed by atoms with Crippen LogP contribution >= 0.6 is 0 Å². The van der Waals surface area contributed by atoms with Gasteiger partial charge in [0.05, 0.1) is 19.7 Å². The van der Waals surface area contributed by atoms with E-state index in [0.29, 0.717) is 12.0 Å². The summed E-state index contributed by atoms with van der Waals surface area (Å²) in [5.41, 5.74) is 7.25. The molecule has 3 rings (SSSR count). The van der Waals surface area contributed by atoms with Gasteiger partial charge in [-0.2, -0.15) is 0 Å². The van der Waals surface area contributed by atoms with Crippen molar-refractivity contribution in [3.8, 4) is 5.75 Å². The zero-order valence-electron chi connectivity index (χ0n) is 12.1. The molecule has 20 heavy (non-hydrogen) atoms. The number of methoxy groups -OCH3 is 1. The fraction of sp³-hybridized carbons (Fsp3) is 0.562. The van der Waals surface area contributed by atoms with Gasteiger partial charge in [-0.15, -0.1) is 0 Å². The molecular weight excluding hydrogens is 250 g/mol. The number of hydrogen-bond acceptors (Lipinski definition) is 4. The number of aliphatic imine (C=N–C) groups is 1. The van der Waals surface area contributed by atoms with Crippen LogP contribution in [0.15, 0.2) is 29.3 Å². The van der Waals surface area contributed by atoms with E-state index < -0.39 is 0 Å². The lowest BCUT2D eigenvalue weighted by Gasteiger charge is -2.34. The zero-order chi connectivity index (χ0) is 13.9. The van der Waals surface area contributed by atoms with Crippen molar-refractivity contribution in [1.82, 2.24) is 0 Å². The number of anilines is 1. The maximum atomic E-state index is 6.12. The topological polar surface area (TPSA) is 50.9 Å². The molecule has 0 radical (unpaired) electrons. The van der Waals surface area contributed by atoms with Gasteiger partial charge in [0.15, 0.2) is 5.96 Å². The van der Waals surface area contributed by atoms with E-state index in [2.05, 4.69) is 22.0 Å². The Morgan fingerprint density at radius 2 is 1.85 bits per heavy atom. The van der Waals surface area contributed by atoms with Gasteiger partial charge < -0.3 is 15.4 Å². The Labute approximate surface area is 120 Å². The molecule has 0 spiro atoms. The summed E-state index contributed by atoms with van der Waals surface area (Å²) in [4.78, 5) is 6.70. The van der Waals surface area contributed by atoms with Gasteiger partial charge in [-0.25, -0.2) is 0 Å². The molecule has 1 aromatic carbocycles. The molecule has 0 amide bonds. The summed E-state index contributed by atoms with van der Waals surface area (Å²) in [5.74, 6) is 2.25. The van der Waals surface area contributed by atoms with Gasteiger partial charge in [0.2, 0.25) is 0 Å². The van der Waals surface area contributed by atoms with E-state index >= 15 is 0 Å². The van der Waals surface area contributed by atoms with Crippen LogP contribution in [0.1, 0.15) is 32.1 Å². The van der Waals surface area contributed by atoms with E-state index in [9.17, 15) is 0 Å². The minimum Gasteiger partial charge on any atom is -0.497 e. The summed E-state index contributed by atoms with van der Waals surface area (Å²) < 4.78 is 5.22. The quantitative estimate of drug-likeness (QED) is 0.921. The average Bonchev–Trinajstić information content (AvgIpc) is 2.90. The summed E-state index contributed by atoms with van der Waals surface area (Å²) in [7, 11) is 1.69. The van der Waals surface area contributed by atoms with Crippen molar-refractivity contribution < 1.29 is 4.74 Å². The van der Waals surface area contributed by atoms with Crippen LogP contribution in [-0.2, 0) is 0 Å². The first-order valence-electron chi connectivity index (χ1n) is 7.53.